The Morgan fingerprint density at radius 2 is 1.68 bits per heavy atom. The number of benzene rings is 1. The monoisotopic (exact) mass is 266 g/mol. The van der Waals surface area contributed by atoms with Crippen molar-refractivity contribution in [2.75, 3.05) is 7.05 Å². The summed E-state index contributed by atoms with van der Waals surface area (Å²) in [5.74, 6) is -0.158. The lowest BCUT2D eigenvalue weighted by molar-refractivity contribution is 0.137. The lowest BCUT2D eigenvalue weighted by Gasteiger charge is -2.38. The van der Waals surface area contributed by atoms with Gasteiger partial charge in [0, 0.05) is 17.6 Å². The molecule has 0 aliphatic heterocycles. The Bertz CT molecular complexity index is 377. The van der Waals surface area contributed by atoms with Gasteiger partial charge in [0.25, 0.3) is 0 Å². The molecule has 0 radical (unpaired) electrons. The van der Waals surface area contributed by atoms with Crippen molar-refractivity contribution in [2.45, 2.75) is 58.2 Å². The van der Waals surface area contributed by atoms with Crippen molar-refractivity contribution >= 4 is 0 Å². The summed E-state index contributed by atoms with van der Waals surface area (Å²) in [7, 11) is 2.06. The number of hydrogen-bond acceptors (Lipinski definition) is 2. The molecule has 2 nitrogen and oxygen atoms in total. The van der Waals surface area contributed by atoms with E-state index in [1.54, 1.807) is 6.07 Å². The molecular formula is C16H27FN2. The Labute approximate surface area is 116 Å². The van der Waals surface area contributed by atoms with E-state index in [1.807, 2.05) is 12.1 Å². The topological polar surface area (TPSA) is 29.3 Å². The van der Waals surface area contributed by atoms with Crippen LogP contribution in [-0.2, 0) is 0 Å². The van der Waals surface area contributed by atoms with E-state index in [9.17, 15) is 4.39 Å². The molecular weight excluding hydrogens is 239 g/mol. The Balaban J connectivity index is 3.12. The van der Waals surface area contributed by atoms with Crippen molar-refractivity contribution < 1.29 is 4.39 Å². The molecule has 108 valence electrons. The van der Waals surface area contributed by atoms with Crippen LogP contribution < -0.4 is 5.73 Å². The van der Waals surface area contributed by atoms with Crippen LogP contribution in [0.25, 0.3) is 0 Å². The summed E-state index contributed by atoms with van der Waals surface area (Å²) in [6.45, 7) is 6.39. The SMILES string of the molecule is CCC(N)C(c1ccccc1F)N(C)C(CC)CC. The van der Waals surface area contributed by atoms with Crippen molar-refractivity contribution in [1.29, 1.82) is 0 Å². The first-order chi connectivity index (χ1) is 9.06. The highest BCUT2D eigenvalue weighted by Crippen LogP contribution is 2.29. The number of halogens is 1. The molecule has 0 saturated heterocycles. The quantitative estimate of drug-likeness (QED) is 0.815. The summed E-state index contributed by atoms with van der Waals surface area (Å²) in [5, 5.41) is 0. The first kappa shape index (κ1) is 16.1. The van der Waals surface area contributed by atoms with Crippen molar-refractivity contribution in [1.82, 2.24) is 4.90 Å². The van der Waals surface area contributed by atoms with Crippen molar-refractivity contribution in [3.63, 3.8) is 0 Å². The van der Waals surface area contributed by atoms with Crippen LogP contribution in [0, 0.1) is 5.82 Å². The normalized spacial score (nSPS) is 14.9. The van der Waals surface area contributed by atoms with Gasteiger partial charge in [0.15, 0.2) is 0 Å². The lowest BCUT2D eigenvalue weighted by Crippen LogP contribution is -2.44. The van der Waals surface area contributed by atoms with Crippen LogP contribution in [0.15, 0.2) is 24.3 Å². The minimum atomic E-state index is -0.158. The van der Waals surface area contributed by atoms with Gasteiger partial charge in [-0.2, -0.15) is 0 Å². The second kappa shape index (κ2) is 7.61. The zero-order chi connectivity index (χ0) is 14.4. The fraction of sp³-hybridized carbons (Fsp3) is 0.625. The number of likely N-dealkylation sites (N-methyl/N-ethyl adjacent to an activating group) is 1. The Morgan fingerprint density at radius 3 is 2.16 bits per heavy atom. The van der Waals surface area contributed by atoms with E-state index in [4.69, 9.17) is 5.73 Å². The zero-order valence-electron chi connectivity index (χ0n) is 12.6. The first-order valence-electron chi connectivity index (χ1n) is 7.28. The summed E-state index contributed by atoms with van der Waals surface area (Å²) in [6, 6.07) is 7.31. The standard InChI is InChI=1S/C16H27FN2/c1-5-12(6-2)19(4)16(15(18)7-3)13-10-8-9-11-14(13)17/h8-12,15-16H,5-7,18H2,1-4H3. The van der Waals surface area contributed by atoms with Crippen LogP contribution >= 0.6 is 0 Å². The predicted molar refractivity (Wildman–Crippen MR) is 79.5 cm³/mol. The average Bonchev–Trinajstić information content (AvgIpc) is 2.42. The van der Waals surface area contributed by atoms with Crippen LogP contribution in [0.4, 0.5) is 4.39 Å². The lowest BCUT2D eigenvalue weighted by atomic mass is 9.94. The van der Waals surface area contributed by atoms with Crippen molar-refractivity contribution in [3.05, 3.63) is 35.6 Å². The molecule has 2 unspecified atom stereocenters. The molecule has 3 heteroatoms. The van der Waals surface area contributed by atoms with E-state index in [0.717, 1.165) is 19.3 Å². The minimum absolute atomic E-state index is 0.0532. The van der Waals surface area contributed by atoms with Gasteiger partial charge < -0.3 is 5.73 Å². The average molecular weight is 266 g/mol. The van der Waals surface area contributed by atoms with E-state index in [1.165, 1.54) is 6.07 Å². The van der Waals surface area contributed by atoms with E-state index in [0.29, 0.717) is 11.6 Å². The molecule has 0 amide bonds. The third-order valence-corrected chi connectivity index (χ3v) is 4.06. The summed E-state index contributed by atoms with van der Waals surface area (Å²) < 4.78 is 14.1. The van der Waals surface area contributed by atoms with E-state index >= 15 is 0 Å². The Kier molecular flexibility index (Phi) is 6.46. The van der Waals surface area contributed by atoms with Gasteiger partial charge in [-0.3, -0.25) is 4.90 Å². The van der Waals surface area contributed by atoms with Crippen LogP contribution in [0.2, 0.25) is 0 Å². The van der Waals surface area contributed by atoms with Gasteiger partial charge in [0.2, 0.25) is 0 Å². The molecule has 0 heterocycles. The molecule has 0 aromatic heterocycles. The molecule has 2 atom stereocenters. The van der Waals surface area contributed by atoms with Gasteiger partial charge in [-0.1, -0.05) is 39.0 Å². The highest BCUT2D eigenvalue weighted by atomic mass is 19.1. The molecule has 1 aromatic rings. The molecule has 2 N–H and O–H groups in total. The van der Waals surface area contributed by atoms with E-state index < -0.39 is 0 Å². The third kappa shape index (κ3) is 3.77. The van der Waals surface area contributed by atoms with Crippen LogP contribution in [0.3, 0.4) is 0 Å². The van der Waals surface area contributed by atoms with Crippen molar-refractivity contribution in [2.24, 2.45) is 5.73 Å². The summed E-state index contributed by atoms with van der Waals surface area (Å²) in [4.78, 5) is 2.24. The van der Waals surface area contributed by atoms with Crippen LogP contribution in [0.1, 0.15) is 51.6 Å². The van der Waals surface area contributed by atoms with Gasteiger partial charge in [-0.25, -0.2) is 4.39 Å². The van der Waals surface area contributed by atoms with Gasteiger partial charge >= 0.3 is 0 Å². The number of nitrogens with two attached hydrogens (primary N) is 1. The van der Waals surface area contributed by atoms with E-state index in [-0.39, 0.29) is 17.9 Å². The summed E-state index contributed by atoms with van der Waals surface area (Å²) >= 11 is 0. The zero-order valence-corrected chi connectivity index (χ0v) is 12.6. The molecule has 0 aliphatic rings. The molecule has 1 aromatic carbocycles. The predicted octanol–water partition coefficient (Wildman–Crippen LogP) is 3.72. The van der Waals surface area contributed by atoms with Gasteiger partial charge in [-0.05, 0) is 32.4 Å². The third-order valence-electron chi connectivity index (χ3n) is 4.06. The number of nitrogens with zero attached hydrogens (tertiary/aromatic N) is 1. The molecule has 0 aliphatic carbocycles. The van der Waals surface area contributed by atoms with Gasteiger partial charge in [0.1, 0.15) is 5.82 Å². The number of rotatable bonds is 7. The van der Waals surface area contributed by atoms with Gasteiger partial charge in [-0.15, -0.1) is 0 Å². The maximum Gasteiger partial charge on any atom is 0.128 e. The van der Waals surface area contributed by atoms with Crippen LogP contribution in [-0.4, -0.2) is 24.0 Å². The molecule has 0 saturated carbocycles. The van der Waals surface area contributed by atoms with Crippen molar-refractivity contribution in [3.8, 4) is 0 Å². The second-order valence-electron chi connectivity index (χ2n) is 5.17. The second-order valence-corrected chi connectivity index (χ2v) is 5.17. The van der Waals surface area contributed by atoms with Gasteiger partial charge in [0.05, 0.1) is 6.04 Å². The first-order valence-corrected chi connectivity index (χ1v) is 7.28. The number of hydrogen-bond donors (Lipinski definition) is 1. The summed E-state index contributed by atoms with van der Waals surface area (Å²) in [6.07, 6.45) is 2.94. The highest BCUT2D eigenvalue weighted by molar-refractivity contribution is 5.23. The fourth-order valence-electron chi connectivity index (χ4n) is 2.78. The smallest absolute Gasteiger partial charge is 0.128 e. The molecule has 0 fully saturated rings. The van der Waals surface area contributed by atoms with E-state index in [2.05, 4.69) is 32.7 Å². The maximum atomic E-state index is 14.1. The minimum Gasteiger partial charge on any atom is -0.326 e. The summed E-state index contributed by atoms with van der Waals surface area (Å²) in [5.41, 5.74) is 6.97. The molecule has 0 bridgehead atoms. The molecule has 0 spiro atoms. The molecule has 19 heavy (non-hydrogen) atoms. The van der Waals surface area contributed by atoms with Crippen LogP contribution in [0.5, 0.6) is 0 Å². The Morgan fingerprint density at radius 1 is 1.11 bits per heavy atom. The molecule has 1 rings (SSSR count). The largest absolute Gasteiger partial charge is 0.326 e. The maximum absolute atomic E-state index is 14.1. The Hall–Kier alpha value is -0.930. The highest BCUT2D eigenvalue weighted by Gasteiger charge is 2.28. The fourth-order valence-corrected chi connectivity index (χ4v) is 2.78.